The van der Waals surface area contributed by atoms with Crippen molar-refractivity contribution >= 4 is 29.2 Å². The summed E-state index contributed by atoms with van der Waals surface area (Å²) >= 11 is 0. The highest BCUT2D eigenvalue weighted by Gasteiger charge is 2.40. The van der Waals surface area contributed by atoms with Gasteiger partial charge in [-0.05, 0) is 36.2 Å². The van der Waals surface area contributed by atoms with E-state index in [1.165, 1.54) is 19.2 Å². The van der Waals surface area contributed by atoms with Gasteiger partial charge in [0.2, 0.25) is 5.91 Å². The van der Waals surface area contributed by atoms with Gasteiger partial charge >= 0.3 is 0 Å². The lowest BCUT2D eigenvalue weighted by molar-refractivity contribution is -0.255. The second-order valence-electron chi connectivity index (χ2n) is 5.96. The maximum absolute atomic E-state index is 12.8. The number of amides is 2. The van der Waals surface area contributed by atoms with Crippen LogP contribution in [0.4, 0.5) is 11.4 Å². The highest BCUT2D eigenvalue weighted by Crippen LogP contribution is 2.32. The second-order valence-corrected chi connectivity index (χ2v) is 5.96. The Kier molecular flexibility index (Phi) is 4.62. The highest BCUT2D eigenvalue weighted by atomic mass is 16.5. The molecule has 26 heavy (non-hydrogen) atoms. The molecular weight excluding hydrogens is 336 g/mol. The molecule has 0 aliphatic carbocycles. The molecule has 0 radical (unpaired) electrons. The fourth-order valence-electron chi connectivity index (χ4n) is 2.90. The molecule has 0 saturated carbocycles. The predicted molar refractivity (Wildman–Crippen MR) is 93.0 cm³/mol. The molecule has 2 aromatic rings. The lowest BCUT2D eigenvalue weighted by atomic mass is 10.1. The van der Waals surface area contributed by atoms with Crippen molar-refractivity contribution in [1.82, 2.24) is 0 Å². The summed E-state index contributed by atoms with van der Waals surface area (Å²) in [7, 11) is 1.47. The number of methoxy groups -OCH3 is 1. The number of aromatic carboxylic acids is 1. The van der Waals surface area contributed by atoms with Crippen LogP contribution < -0.4 is 20.1 Å². The number of imide groups is 1. The number of benzene rings is 2. The first-order valence-electron chi connectivity index (χ1n) is 8.00. The quantitative estimate of drug-likeness (QED) is 0.809. The predicted octanol–water partition coefficient (Wildman–Crippen LogP) is 1.11. The Morgan fingerprint density at radius 2 is 1.96 bits per heavy atom. The van der Waals surface area contributed by atoms with Gasteiger partial charge in [0.05, 0.1) is 25.2 Å². The first-order valence-corrected chi connectivity index (χ1v) is 8.00. The molecular formula is C19H17N2O5-. The van der Waals surface area contributed by atoms with Gasteiger partial charge in [-0.25, -0.2) is 4.90 Å². The molecule has 134 valence electrons. The molecule has 3 rings (SSSR count). The molecule has 1 aliphatic rings. The first-order chi connectivity index (χ1) is 12.4. The number of carbonyl (C=O) groups is 3. The van der Waals surface area contributed by atoms with Gasteiger partial charge in [-0.3, -0.25) is 9.59 Å². The van der Waals surface area contributed by atoms with Crippen LogP contribution >= 0.6 is 0 Å². The van der Waals surface area contributed by atoms with Crippen LogP contribution in [0.25, 0.3) is 0 Å². The molecule has 0 unspecified atom stereocenters. The minimum atomic E-state index is -1.31. The summed E-state index contributed by atoms with van der Waals surface area (Å²) in [5, 5.41) is 14.0. The zero-order chi connectivity index (χ0) is 18.8. The van der Waals surface area contributed by atoms with Gasteiger partial charge in [-0.2, -0.15) is 0 Å². The number of para-hydroxylation sites is 2. The largest absolute Gasteiger partial charge is 0.545 e. The van der Waals surface area contributed by atoms with Crippen LogP contribution in [0.1, 0.15) is 22.3 Å². The maximum Gasteiger partial charge on any atom is 0.256 e. The number of carbonyl (C=O) groups excluding carboxylic acids is 3. The number of nitrogens with zero attached hydrogens (tertiary/aromatic N) is 1. The maximum atomic E-state index is 12.8. The van der Waals surface area contributed by atoms with Crippen LogP contribution in [0.3, 0.4) is 0 Å². The van der Waals surface area contributed by atoms with E-state index < -0.39 is 17.9 Å². The number of anilines is 2. The van der Waals surface area contributed by atoms with E-state index >= 15 is 0 Å². The van der Waals surface area contributed by atoms with Gasteiger partial charge in [-0.15, -0.1) is 0 Å². The number of carboxylic acids is 1. The Morgan fingerprint density at radius 1 is 1.23 bits per heavy atom. The van der Waals surface area contributed by atoms with Crippen LogP contribution in [0.5, 0.6) is 5.75 Å². The van der Waals surface area contributed by atoms with E-state index in [1.807, 2.05) is 0 Å². The van der Waals surface area contributed by atoms with Crippen molar-refractivity contribution in [3.8, 4) is 5.75 Å². The van der Waals surface area contributed by atoms with Crippen LogP contribution in [0, 0.1) is 6.92 Å². The summed E-state index contributed by atoms with van der Waals surface area (Å²) in [4.78, 5) is 37.3. The van der Waals surface area contributed by atoms with Crippen molar-refractivity contribution in [3.63, 3.8) is 0 Å². The molecule has 1 heterocycles. The van der Waals surface area contributed by atoms with Crippen molar-refractivity contribution in [2.75, 3.05) is 17.3 Å². The SMILES string of the molecule is COc1ccccc1N1C(=O)C[C@@H](Nc2cc(C(=O)[O-])ccc2C)C1=O. The third-order valence-corrected chi connectivity index (χ3v) is 4.28. The van der Waals surface area contributed by atoms with Gasteiger partial charge in [0.25, 0.3) is 5.91 Å². The zero-order valence-electron chi connectivity index (χ0n) is 14.3. The lowest BCUT2D eigenvalue weighted by Gasteiger charge is -2.19. The Hall–Kier alpha value is -3.35. The zero-order valence-corrected chi connectivity index (χ0v) is 14.3. The number of aryl methyl sites for hydroxylation is 1. The Labute approximate surface area is 150 Å². The van der Waals surface area contributed by atoms with E-state index in [9.17, 15) is 19.5 Å². The molecule has 0 bridgehead atoms. The Bertz CT molecular complexity index is 893. The number of rotatable bonds is 5. The second kappa shape index (κ2) is 6.87. The number of carboxylic acid groups (broad SMARTS) is 1. The van der Waals surface area contributed by atoms with Crippen molar-refractivity contribution in [3.05, 3.63) is 53.6 Å². The number of hydrogen-bond donors (Lipinski definition) is 1. The van der Waals surface area contributed by atoms with Gasteiger partial charge in [0.15, 0.2) is 0 Å². The minimum Gasteiger partial charge on any atom is -0.545 e. The summed E-state index contributed by atoms with van der Waals surface area (Å²) in [6.45, 7) is 1.78. The van der Waals surface area contributed by atoms with E-state index in [0.717, 1.165) is 10.5 Å². The molecule has 1 fully saturated rings. The summed E-state index contributed by atoms with van der Waals surface area (Å²) in [5.41, 5.74) is 1.61. The van der Waals surface area contributed by atoms with Crippen LogP contribution in [-0.2, 0) is 9.59 Å². The average Bonchev–Trinajstić information content (AvgIpc) is 2.90. The molecule has 0 aromatic heterocycles. The van der Waals surface area contributed by atoms with Crippen molar-refractivity contribution in [2.24, 2.45) is 0 Å². The fraction of sp³-hybridized carbons (Fsp3) is 0.211. The molecule has 1 saturated heterocycles. The molecule has 1 atom stereocenters. The van der Waals surface area contributed by atoms with Crippen molar-refractivity contribution in [2.45, 2.75) is 19.4 Å². The van der Waals surface area contributed by atoms with E-state index in [4.69, 9.17) is 4.74 Å². The monoisotopic (exact) mass is 353 g/mol. The molecule has 7 nitrogen and oxygen atoms in total. The van der Waals surface area contributed by atoms with Gasteiger partial charge in [0.1, 0.15) is 11.8 Å². The number of ether oxygens (including phenoxy) is 1. The molecule has 1 aliphatic heterocycles. The third kappa shape index (κ3) is 3.11. The van der Waals surface area contributed by atoms with E-state index in [2.05, 4.69) is 5.32 Å². The van der Waals surface area contributed by atoms with Crippen LogP contribution in [-0.4, -0.2) is 30.9 Å². The molecule has 2 amide bonds. The number of nitrogens with one attached hydrogen (secondary N) is 1. The minimum absolute atomic E-state index is 0.00328. The summed E-state index contributed by atoms with van der Waals surface area (Å²) in [6.07, 6.45) is -0.0358. The Morgan fingerprint density at radius 3 is 2.65 bits per heavy atom. The normalized spacial score (nSPS) is 16.7. The Balaban J connectivity index is 1.88. The lowest BCUT2D eigenvalue weighted by Crippen LogP contribution is -2.35. The molecule has 2 aromatic carbocycles. The van der Waals surface area contributed by atoms with E-state index in [-0.39, 0.29) is 17.9 Å². The average molecular weight is 353 g/mol. The van der Waals surface area contributed by atoms with Gasteiger partial charge < -0.3 is 20.0 Å². The molecule has 1 N–H and O–H groups in total. The van der Waals surface area contributed by atoms with E-state index in [0.29, 0.717) is 17.1 Å². The van der Waals surface area contributed by atoms with Crippen molar-refractivity contribution in [1.29, 1.82) is 0 Å². The summed E-state index contributed by atoms with van der Waals surface area (Å²) < 4.78 is 5.23. The summed E-state index contributed by atoms with van der Waals surface area (Å²) in [5.74, 6) is -1.66. The smallest absolute Gasteiger partial charge is 0.256 e. The topological polar surface area (TPSA) is 98.8 Å². The van der Waals surface area contributed by atoms with Crippen LogP contribution in [0.15, 0.2) is 42.5 Å². The fourth-order valence-corrected chi connectivity index (χ4v) is 2.90. The molecule has 0 spiro atoms. The standard InChI is InChI=1S/C19H18N2O5/c1-11-7-8-12(19(24)25)9-13(11)20-14-10-17(22)21(18(14)23)15-5-3-4-6-16(15)26-2/h3-9,14,20H,10H2,1-2H3,(H,24,25)/p-1/t14-/m1/s1. The number of hydrogen-bond acceptors (Lipinski definition) is 6. The van der Waals surface area contributed by atoms with E-state index in [1.54, 1.807) is 37.3 Å². The van der Waals surface area contributed by atoms with Crippen molar-refractivity contribution < 1.29 is 24.2 Å². The van der Waals surface area contributed by atoms with Gasteiger partial charge in [-0.1, -0.05) is 24.3 Å². The third-order valence-electron chi connectivity index (χ3n) is 4.28. The first kappa shape index (κ1) is 17.5. The highest BCUT2D eigenvalue weighted by molar-refractivity contribution is 6.23. The molecule has 7 heteroatoms. The van der Waals surface area contributed by atoms with Gasteiger partial charge in [0, 0.05) is 5.69 Å². The van der Waals surface area contributed by atoms with Crippen LogP contribution in [0.2, 0.25) is 0 Å². The summed E-state index contributed by atoms with van der Waals surface area (Å²) in [6, 6.07) is 10.4.